The predicted molar refractivity (Wildman–Crippen MR) is 67.9 cm³/mol. The lowest BCUT2D eigenvalue weighted by Gasteiger charge is -2.11. The van der Waals surface area contributed by atoms with Gasteiger partial charge < -0.3 is 16.0 Å². The molecule has 8 heteroatoms. The van der Waals surface area contributed by atoms with Crippen molar-refractivity contribution in [3.05, 3.63) is 6.20 Å². The van der Waals surface area contributed by atoms with Crippen LogP contribution in [-0.2, 0) is 4.79 Å². The van der Waals surface area contributed by atoms with Crippen LogP contribution >= 0.6 is 0 Å². The van der Waals surface area contributed by atoms with Gasteiger partial charge >= 0.3 is 0 Å². The van der Waals surface area contributed by atoms with Gasteiger partial charge in [-0.1, -0.05) is 0 Å². The highest BCUT2D eigenvalue weighted by Gasteiger charge is 2.08. The average Bonchev–Trinajstić information content (AvgIpc) is 2.76. The van der Waals surface area contributed by atoms with Crippen LogP contribution in [0.15, 0.2) is 6.20 Å². The highest BCUT2D eigenvalue weighted by molar-refractivity contribution is 5.87. The molecule has 0 aliphatic heterocycles. The molecule has 0 aliphatic carbocycles. The topological polar surface area (TPSA) is 113 Å². The second kappa shape index (κ2) is 4.86. The number of H-pyrrole nitrogens is 1. The first-order valence-corrected chi connectivity index (χ1v) is 5.48. The van der Waals surface area contributed by atoms with E-state index in [1.54, 1.807) is 25.2 Å². The van der Waals surface area contributed by atoms with Crippen LogP contribution in [0.1, 0.15) is 6.42 Å². The zero-order chi connectivity index (χ0) is 13.1. The van der Waals surface area contributed by atoms with Crippen LogP contribution in [-0.4, -0.2) is 51.6 Å². The summed E-state index contributed by atoms with van der Waals surface area (Å²) in [6, 6.07) is 0. The van der Waals surface area contributed by atoms with E-state index in [0.717, 1.165) is 5.39 Å². The number of nitrogens with one attached hydrogen (secondary N) is 2. The van der Waals surface area contributed by atoms with Crippen LogP contribution in [0.25, 0.3) is 11.0 Å². The number of nitrogen functional groups attached to an aromatic ring is 1. The fourth-order valence-corrected chi connectivity index (χ4v) is 1.50. The number of hydrogen-bond donors (Lipinski definition) is 3. The summed E-state index contributed by atoms with van der Waals surface area (Å²) in [4.78, 5) is 21.1. The summed E-state index contributed by atoms with van der Waals surface area (Å²) in [5.74, 6) is 0.791. The van der Waals surface area contributed by atoms with Crippen molar-refractivity contribution in [2.45, 2.75) is 6.42 Å². The maximum atomic E-state index is 11.4. The summed E-state index contributed by atoms with van der Waals surface area (Å²) in [6.07, 6.45) is 2.00. The standard InChI is InChI=1S/C10H15N7O/c1-17(2)7(18)3-4-12-8-6-5-13-16-9(6)15-10(11)14-8/h5H,3-4H2,1-2H3,(H4,11,12,13,14,15,16). The van der Waals surface area contributed by atoms with Crippen molar-refractivity contribution < 1.29 is 4.79 Å². The third-order valence-corrected chi connectivity index (χ3v) is 2.46. The van der Waals surface area contributed by atoms with Crippen LogP contribution in [0.4, 0.5) is 11.8 Å². The highest BCUT2D eigenvalue weighted by Crippen LogP contribution is 2.18. The van der Waals surface area contributed by atoms with Crippen molar-refractivity contribution in [3.8, 4) is 0 Å². The van der Waals surface area contributed by atoms with Crippen molar-refractivity contribution >= 4 is 28.7 Å². The molecule has 1 amide bonds. The fourth-order valence-electron chi connectivity index (χ4n) is 1.50. The second-order valence-corrected chi connectivity index (χ2v) is 4.03. The number of aromatic nitrogens is 4. The Bertz CT molecular complexity index is 562. The molecule has 0 saturated carbocycles. The molecule has 4 N–H and O–H groups in total. The van der Waals surface area contributed by atoms with Gasteiger partial charge in [0.2, 0.25) is 11.9 Å². The molecule has 2 aromatic heterocycles. The first kappa shape index (κ1) is 12.1. The smallest absolute Gasteiger partial charge is 0.224 e. The van der Waals surface area contributed by atoms with Gasteiger partial charge in [0.15, 0.2) is 5.65 Å². The summed E-state index contributed by atoms with van der Waals surface area (Å²) < 4.78 is 0. The number of fused-ring (bicyclic) bond motifs is 1. The lowest BCUT2D eigenvalue weighted by molar-refractivity contribution is -0.128. The predicted octanol–water partition coefficient (Wildman–Crippen LogP) is -0.175. The van der Waals surface area contributed by atoms with E-state index in [1.807, 2.05) is 0 Å². The number of rotatable bonds is 4. The molecule has 0 aromatic carbocycles. The van der Waals surface area contributed by atoms with E-state index < -0.39 is 0 Å². The van der Waals surface area contributed by atoms with Gasteiger partial charge in [-0.2, -0.15) is 15.1 Å². The van der Waals surface area contributed by atoms with E-state index in [4.69, 9.17) is 5.73 Å². The largest absolute Gasteiger partial charge is 0.369 e. The van der Waals surface area contributed by atoms with E-state index in [9.17, 15) is 4.79 Å². The molecule has 0 spiro atoms. The minimum atomic E-state index is 0.0490. The van der Waals surface area contributed by atoms with Crippen molar-refractivity contribution in [3.63, 3.8) is 0 Å². The third-order valence-electron chi connectivity index (χ3n) is 2.46. The Morgan fingerprint density at radius 1 is 1.50 bits per heavy atom. The number of nitrogens with zero attached hydrogens (tertiary/aromatic N) is 4. The first-order valence-electron chi connectivity index (χ1n) is 5.48. The van der Waals surface area contributed by atoms with Crippen molar-refractivity contribution in [1.82, 2.24) is 25.1 Å². The molecule has 0 atom stereocenters. The van der Waals surface area contributed by atoms with Crippen LogP contribution < -0.4 is 11.1 Å². The molecule has 0 radical (unpaired) electrons. The monoisotopic (exact) mass is 249 g/mol. The normalized spacial score (nSPS) is 10.6. The molecular weight excluding hydrogens is 234 g/mol. The molecule has 2 heterocycles. The van der Waals surface area contributed by atoms with Gasteiger partial charge in [0, 0.05) is 27.1 Å². The Balaban J connectivity index is 2.07. The number of nitrogens with two attached hydrogens (primary N) is 1. The maximum absolute atomic E-state index is 11.4. The minimum absolute atomic E-state index is 0.0490. The zero-order valence-corrected chi connectivity index (χ0v) is 10.3. The lowest BCUT2D eigenvalue weighted by Crippen LogP contribution is -2.24. The average molecular weight is 249 g/mol. The maximum Gasteiger partial charge on any atom is 0.224 e. The molecule has 0 saturated heterocycles. The number of carbonyl (C=O) groups excluding carboxylic acids is 1. The fraction of sp³-hybridized carbons (Fsp3) is 0.400. The van der Waals surface area contributed by atoms with E-state index in [-0.39, 0.29) is 11.9 Å². The summed E-state index contributed by atoms with van der Waals surface area (Å²) in [7, 11) is 3.44. The van der Waals surface area contributed by atoms with Crippen molar-refractivity contribution in [2.75, 3.05) is 31.7 Å². The second-order valence-electron chi connectivity index (χ2n) is 4.03. The Morgan fingerprint density at radius 3 is 3.00 bits per heavy atom. The first-order chi connectivity index (χ1) is 8.58. The van der Waals surface area contributed by atoms with Gasteiger partial charge in [0.05, 0.1) is 11.6 Å². The summed E-state index contributed by atoms with van der Waals surface area (Å²) >= 11 is 0. The van der Waals surface area contributed by atoms with Gasteiger partial charge in [-0.3, -0.25) is 9.89 Å². The Kier molecular flexibility index (Phi) is 3.26. The number of aromatic amines is 1. The zero-order valence-electron chi connectivity index (χ0n) is 10.3. The van der Waals surface area contributed by atoms with Gasteiger partial charge in [0.1, 0.15) is 5.82 Å². The van der Waals surface area contributed by atoms with Gasteiger partial charge in [-0.05, 0) is 0 Å². The van der Waals surface area contributed by atoms with E-state index in [1.165, 1.54) is 0 Å². The van der Waals surface area contributed by atoms with Crippen molar-refractivity contribution in [1.29, 1.82) is 0 Å². The van der Waals surface area contributed by atoms with E-state index in [2.05, 4.69) is 25.5 Å². The highest BCUT2D eigenvalue weighted by atomic mass is 16.2. The molecule has 0 bridgehead atoms. The Morgan fingerprint density at radius 2 is 2.28 bits per heavy atom. The lowest BCUT2D eigenvalue weighted by atomic mass is 10.3. The molecule has 2 rings (SSSR count). The van der Waals surface area contributed by atoms with Gasteiger partial charge in [-0.25, -0.2) is 0 Å². The quantitative estimate of drug-likeness (QED) is 0.693. The molecule has 2 aromatic rings. The van der Waals surface area contributed by atoms with Crippen LogP contribution in [0.3, 0.4) is 0 Å². The molecule has 0 fully saturated rings. The van der Waals surface area contributed by atoms with Crippen LogP contribution in [0.2, 0.25) is 0 Å². The number of amides is 1. The summed E-state index contributed by atoms with van der Waals surface area (Å²) in [6.45, 7) is 0.480. The number of carbonyl (C=O) groups is 1. The van der Waals surface area contributed by atoms with Crippen LogP contribution in [0, 0.1) is 0 Å². The SMILES string of the molecule is CN(C)C(=O)CCNc1nc(N)nc2[nH]ncc12. The Hall–Kier alpha value is -2.38. The van der Waals surface area contributed by atoms with Crippen molar-refractivity contribution in [2.24, 2.45) is 0 Å². The van der Waals surface area contributed by atoms with Crippen LogP contribution in [0.5, 0.6) is 0 Å². The molecular formula is C10H15N7O. The molecule has 0 aliphatic rings. The van der Waals surface area contributed by atoms with Gasteiger partial charge in [0.25, 0.3) is 0 Å². The minimum Gasteiger partial charge on any atom is -0.369 e. The molecule has 8 nitrogen and oxygen atoms in total. The molecule has 0 unspecified atom stereocenters. The molecule has 96 valence electrons. The number of hydrogen-bond acceptors (Lipinski definition) is 6. The third kappa shape index (κ3) is 2.47. The summed E-state index contributed by atoms with van der Waals surface area (Å²) in [5.41, 5.74) is 6.15. The molecule has 18 heavy (non-hydrogen) atoms. The number of anilines is 2. The van der Waals surface area contributed by atoms with E-state index >= 15 is 0 Å². The summed E-state index contributed by atoms with van der Waals surface area (Å²) in [5, 5.41) is 10.4. The Labute approximate surface area is 104 Å². The van der Waals surface area contributed by atoms with Gasteiger partial charge in [-0.15, -0.1) is 0 Å². The van der Waals surface area contributed by atoms with E-state index in [0.29, 0.717) is 24.4 Å².